The molecule has 0 heterocycles. The maximum Gasteiger partial charge on any atom is 0.145 e. The molecule has 0 N–H and O–H groups in total. The van der Waals surface area contributed by atoms with Gasteiger partial charge in [0.2, 0.25) is 0 Å². The fourth-order valence-electron chi connectivity index (χ4n) is 1.13. The molecule has 0 saturated carbocycles. The van der Waals surface area contributed by atoms with Gasteiger partial charge in [0.25, 0.3) is 0 Å². The average Bonchev–Trinajstić information content (AvgIpc) is 2.19. The van der Waals surface area contributed by atoms with Crippen molar-refractivity contribution in [2.45, 2.75) is 12.8 Å². The lowest BCUT2D eigenvalue weighted by Gasteiger charge is -1.94. The second-order valence-electron chi connectivity index (χ2n) is 2.95. The van der Waals surface area contributed by atoms with Crippen LogP contribution < -0.4 is 0 Å². The zero-order chi connectivity index (χ0) is 9.36. The summed E-state index contributed by atoms with van der Waals surface area (Å²) >= 11 is 0. The maximum absolute atomic E-state index is 5.10. The SMILES string of the molecule is [SiH3]OCCCC=Cc1ccccc1. The Labute approximate surface area is 83.0 Å². The van der Waals surface area contributed by atoms with Gasteiger partial charge in [0.1, 0.15) is 10.5 Å². The standard InChI is InChI=1S/C11H16OSi/c13-12-10-6-2-5-9-11-7-3-1-4-8-11/h1,3-5,7-9H,2,6,10H2,13H3. The first kappa shape index (κ1) is 10.2. The minimum Gasteiger partial charge on any atom is -0.428 e. The molecule has 0 unspecified atom stereocenters. The molecule has 1 aromatic carbocycles. The van der Waals surface area contributed by atoms with Crippen LogP contribution in [0.5, 0.6) is 0 Å². The van der Waals surface area contributed by atoms with E-state index in [2.05, 4.69) is 36.4 Å². The lowest BCUT2D eigenvalue weighted by molar-refractivity contribution is 0.343. The zero-order valence-electron chi connectivity index (χ0n) is 8.07. The number of rotatable bonds is 5. The summed E-state index contributed by atoms with van der Waals surface area (Å²) in [6.07, 6.45) is 6.60. The molecular weight excluding hydrogens is 176 g/mol. The molecule has 2 heteroatoms. The molecule has 0 bridgehead atoms. The van der Waals surface area contributed by atoms with Crippen molar-refractivity contribution in [2.75, 3.05) is 6.61 Å². The van der Waals surface area contributed by atoms with E-state index in [1.807, 2.05) is 6.07 Å². The molecule has 0 spiro atoms. The third kappa shape index (κ3) is 4.65. The van der Waals surface area contributed by atoms with Crippen molar-refractivity contribution in [3.05, 3.63) is 42.0 Å². The van der Waals surface area contributed by atoms with Crippen LogP contribution in [0.15, 0.2) is 36.4 Å². The minimum atomic E-state index is 0.859. The third-order valence-electron chi connectivity index (χ3n) is 1.83. The molecule has 0 aliphatic heterocycles. The van der Waals surface area contributed by atoms with Crippen LogP contribution in [0.4, 0.5) is 0 Å². The summed E-state index contributed by atoms with van der Waals surface area (Å²) in [6.45, 7) is 0.908. The number of benzene rings is 1. The Morgan fingerprint density at radius 2 is 2.00 bits per heavy atom. The monoisotopic (exact) mass is 192 g/mol. The lowest BCUT2D eigenvalue weighted by atomic mass is 10.2. The number of allylic oxidation sites excluding steroid dienone is 1. The molecule has 0 saturated heterocycles. The van der Waals surface area contributed by atoms with Gasteiger partial charge in [-0.3, -0.25) is 0 Å². The van der Waals surface area contributed by atoms with Gasteiger partial charge in [0.05, 0.1) is 0 Å². The predicted octanol–water partition coefficient (Wildman–Crippen LogP) is 1.78. The van der Waals surface area contributed by atoms with Crippen molar-refractivity contribution in [1.29, 1.82) is 0 Å². The molecule has 0 amide bonds. The highest BCUT2D eigenvalue weighted by molar-refractivity contribution is 5.97. The van der Waals surface area contributed by atoms with E-state index in [4.69, 9.17) is 4.43 Å². The Morgan fingerprint density at radius 1 is 1.23 bits per heavy atom. The molecule has 0 radical (unpaired) electrons. The number of hydrogen-bond acceptors (Lipinski definition) is 1. The van der Waals surface area contributed by atoms with Crippen molar-refractivity contribution >= 4 is 16.6 Å². The van der Waals surface area contributed by atoms with Crippen LogP contribution in [0.3, 0.4) is 0 Å². The van der Waals surface area contributed by atoms with E-state index in [0.717, 1.165) is 29.9 Å². The molecular formula is C11H16OSi. The van der Waals surface area contributed by atoms with Gasteiger partial charge in [-0.15, -0.1) is 0 Å². The molecule has 0 aliphatic rings. The Kier molecular flexibility index (Phi) is 5.21. The van der Waals surface area contributed by atoms with Gasteiger partial charge in [-0.25, -0.2) is 0 Å². The van der Waals surface area contributed by atoms with Gasteiger partial charge >= 0.3 is 0 Å². The van der Waals surface area contributed by atoms with Crippen LogP contribution in [0.2, 0.25) is 0 Å². The predicted molar refractivity (Wildman–Crippen MR) is 60.6 cm³/mol. The van der Waals surface area contributed by atoms with E-state index < -0.39 is 0 Å². The Bertz CT molecular complexity index is 244. The molecule has 0 aromatic heterocycles. The Morgan fingerprint density at radius 3 is 2.69 bits per heavy atom. The Balaban J connectivity index is 2.25. The fraction of sp³-hybridized carbons (Fsp3) is 0.273. The van der Waals surface area contributed by atoms with E-state index >= 15 is 0 Å². The maximum atomic E-state index is 5.10. The molecule has 0 atom stereocenters. The summed E-state index contributed by atoms with van der Waals surface area (Å²) < 4.78 is 5.10. The number of unbranched alkanes of at least 4 members (excludes halogenated alkanes) is 1. The molecule has 1 aromatic rings. The van der Waals surface area contributed by atoms with Crippen LogP contribution >= 0.6 is 0 Å². The first-order valence-corrected chi connectivity index (χ1v) is 5.45. The van der Waals surface area contributed by atoms with Gasteiger partial charge in [0, 0.05) is 6.61 Å². The van der Waals surface area contributed by atoms with Crippen LogP contribution in [0.25, 0.3) is 6.08 Å². The average molecular weight is 192 g/mol. The van der Waals surface area contributed by atoms with Crippen LogP contribution in [-0.4, -0.2) is 17.1 Å². The van der Waals surface area contributed by atoms with Crippen LogP contribution in [0.1, 0.15) is 18.4 Å². The van der Waals surface area contributed by atoms with Gasteiger partial charge in [0.15, 0.2) is 0 Å². The lowest BCUT2D eigenvalue weighted by Crippen LogP contribution is -1.87. The van der Waals surface area contributed by atoms with Gasteiger partial charge in [-0.2, -0.15) is 0 Å². The first-order valence-electron chi connectivity index (χ1n) is 4.64. The van der Waals surface area contributed by atoms with Crippen molar-refractivity contribution in [3.63, 3.8) is 0 Å². The molecule has 13 heavy (non-hydrogen) atoms. The first-order chi connectivity index (χ1) is 6.43. The Hall–Kier alpha value is -0.863. The van der Waals surface area contributed by atoms with E-state index in [0.29, 0.717) is 0 Å². The molecule has 0 fully saturated rings. The highest BCUT2D eigenvalue weighted by atomic mass is 28.2. The van der Waals surface area contributed by atoms with Gasteiger partial charge in [-0.1, -0.05) is 42.5 Å². The van der Waals surface area contributed by atoms with Crippen LogP contribution in [-0.2, 0) is 4.43 Å². The van der Waals surface area contributed by atoms with Gasteiger partial charge < -0.3 is 4.43 Å². The molecule has 0 aliphatic carbocycles. The molecule has 1 nitrogen and oxygen atoms in total. The summed E-state index contributed by atoms with van der Waals surface area (Å²) in [5.74, 6) is 0. The highest BCUT2D eigenvalue weighted by Gasteiger charge is 1.83. The summed E-state index contributed by atoms with van der Waals surface area (Å²) in [7, 11) is 0.859. The number of hydrogen-bond donors (Lipinski definition) is 0. The second-order valence-corrected chi connectivity index (χ2v) is 3.53. The van der Waals surface area contributed by atoms with Crippen molar-refractivity contribution in [2.24, 2.45) is 0 Å². The van der Waals surface area contributed by atoms with Crippen molar-refractivity contribution < 1.29 is 4.43 Å². The van der Waals surface area contributed by atoms with E-state index in [1.165, 1.54) is 5.56 Å². The van der Waals surface area contributed by atoms with Gasteiger partial charge in [-0.05, 0) is 18.4 Å². The minimum absolute atomic E-state index is 0.859. The highest BCUT2D eigenvalue weighted by Crippen LogP contribution is 2.02. The summed E-state index contributed by atoms with van der Waals surface area (Å²) in [6, 6.07) is 10.4. The van der Waals surface area contributed by atoms with Crippen LogP contribution in [0, 0.1) is 0 Å². The van der Waals surface area contributed by atoms with Crippen molar-refractivity contribution in [3.8, 4) is 0 Å². The van der Waals surface area contributed by atoms with E-state index in [1.54, 1.807) is 0 Å². The van der Waals surface area contributed by atoms with E-state index in [9.17, 15) is 0 Å². The quantitative estimate of drug-likeness (QED) is 0.510. The molecule has 70 valence electrons. The normalized spacial score (nSPS) is 11.1. The summed E-state index contributed by atoms with van der Waals surface area (Å²) in [5, 5.41) is 0. The zero-order valence-corrected chi connectivity index (χ0v) is 10.1. The third-order valence-corrected chi connectivity index (χ3v) is 2.24. The smallest absolute Gasteiger partial charge is 0.145 e. The largest absolute Gasteiger partial charge is 0.428 e. The molecule has 1 rings (SSSR count). The van der Waals surface area contributed by atoms with Crippen molar-refractivity contribution in [1.82, 2.24) is 0 Å². The van der Waals surface area contributed by atoms with E-state index in [-0.39, 0.29) is 0 Å². The summed E-state index contributed by atoms with van der Waals surface area (Å²) in [5.41, 5.74) is 1.27. The second kappa shape index (κ2) is 6.63. The fourth-order valence-corrected chi connectivity index (χ4v) is 1.42. The summed E-state index contributed by atoms with van der Waals surface area (Å²) in [4.78, 5) is 0. The topological polar surface area (TPSA) is 9.23 Å².